The maximum atomic E-state index is 11.8. The van der Waals surface area contributed by atoms with Gasteiger partial charge < -0.3 is 15.4 Å². The number of benzene rings is 1. The van der Waals surface area contributed by atoms with Gasteiger partial charge in [0.15, 0.2) is 0 Å². The zero-order valence-corrected chi connectivity index (χ0v) is 10.0. The lowest BCUT2D eigenvalue weighted by atomic mass is 10.0. The Morgan fingerprint density at radius 2 is 2.06 bits per heavy atom. The van der Waals surface area contributed by atoms with Crippen LogP contribution in [0, 0.1) is 0 Å². The number of hydrogen-bond donors (Lipinski definition) is 2. The third-order valence-electron chi connectivity index (χ3n) is 2.55. The molecular weight excluding hydrogens is 232 g/mol. The summed E-state index contributed by atoms with van der Waals surface area (Å²) in [5.41, 5.74) is 1.73. The van der Waals surface area contributed by atoms with E-state index in [1.165, 1.54) is 0 Å². The number of nitrogens with one attached hydrogen (secondary N) is 2. The van der Waals surface area contributed by atoms with Crippen molar-refractivity contribution in [2.24, 2.45) is 0 Å². The van der Waals surface area contributed by atoms with Gasteiger partial charge in [-0.1, -0.05) is 30.3 Å². The smallest absolute Gasteiger partial charge is 0.337 e. The van der Waals surface area contributed by atoms with Crippen LogP contribution >= 0.6 is 0 Å². The summed E-state index contributed by atoms with van der Waals surface area (Å²) in [7, 11) is 0. The second-order valence-electron chi connectivity index (χ2n) is 3.75. The molecule has 0 fully saturated rings. The summed E-state index contributed by atoms with van der Waals surface area (Å²) in [5.74, 6) is -0.413. The monoisotopic (exact) mass is 246 g/mol. The average molecular weight is 246 g/mol. The van der Waals surface area contributed by atoms with Crippen molar-refractivity contribution in [2.45, 2.75) is 6.92 Å². The zero-order valence-electron chi connectivity index (χ0n) is 10.0. The number of ether oxygens (including phenoxy) is 1. The van der Waals surface area contributed by atoms with Crippen molar-refractivity contribution in [3.63, 3.8) is 0 Å². The number of rotatable bonds is 3. The molecule has 0 saturated carbocycles. The molecule has 5 heteroatoms. The van der Waals surface area contributed by atoms with Crippen LogP contribution in [-0.2, 0) is 9.53 Å². The van der Waals surface area contributed by atoms with E-state index in [1.807, 2.05) is 30.3 Å². The van der Waals surface area contributed by atoms with Crippen LogP contribution in [0.3, 0.4) is 0 Å². The van der Waals surface area contributed by atoms with Crippen molar-refractivity contribution in [3.05, 3.63) is 41.5 Å². The number of hydrogen-bond acceptors (Lipinski definition) is 3. The van der Waals surface area contributed by atoms with Crippen LogP contribution < -0.4 is 10.6 Å². The average Bonchev–Trinajstić information content (AvgIpc) is 2.40. The van der Waals surface area contributed by atoms with E-state index in [4.69, 9.17) is 4.74 Å². The highest BCUT2D eigenvalue weighted by atomic mass is 16.5. The van der Waals surface area contributed by atoms with Gasteiger partial charge in [0.1, 0.15) is 0 Å². The van der Waals surface area contributed by atoms with Gasteiger partial charge in [-0.2, -0.15) is 0 Å². The van der Waals surface area contributed by atoms with Crippen LogP contribution in [0.2, 0.25) is 0 Å². The van der Waals surface area contributed by atoms with Crippen LogP contribution in [0.5, 0.6) is 0 Å². The van der Waals surface area contributed by atoms with E-state index >= 15 is 0 Å². The first-order chi connectivity index (χ1) is 8.72. The minimum atomic E-state index is -0.413. The molecule has 0 spiro atoms. The van der Waals surface area contributed by atoms with E-state index in [2.05, 4.69) is 10.6 Å². The predicted octanol–water partition coefficient (Wildman–Crippen LogP) is 1.27. The van der Waals surface area contributed by atoms with Gasteiger partial charge in [0.25, 0.3) is 0 Å². The predicted molar refractivity (Wildman–Crippen MR) is 66.5 cm³/mol. The Bertz CT molecular complexity index is 494. The molecule has 0 saturated heterocycles. The molecule has 1 aliphatic rings. The molecule has 2 rings (SSSR count). The first-order valence-corrected chi connectivity index (χ1v) is 5.73. The van der Waals surface area contributed by atoms with Crippen LogP contribution in [0.25, 0.3) is 5.70 Å². The molecule has 1 aromatic rings. The normalized spacial score (nSPS) is 14.8. The van der Waals surface area contributed by atoms with Gasteiger partial charge in [-0.15, -0.1) is 0 Å². The van der Waals surface area contributed by atoms with Crippen molar-refractivity contribution < 1.29 is 14.3 Å². The SMILES string of the molecule is CCOC(=O)C1=C(c2ccccc2)NC(=O)NC1. The molecule has 0 aromatic heterocycles. The maximum Gasteiger partial charge on any atom is 0.337 e. The molecule has 0 radical (unpaired) electrons. The molecule has 2 amide bonds. The topological polar surface area (TPSA) is 67.4 Å². The number of carbonyl (C=O) groups excluding carboxylic acids is 2. The zero-order chi connectivity index (χ0) is 13.0. The minimum Gasteiger partial charge on any atom is -0.463 e. The van der Waals surface area contributed by atoms with Gasteiger partial charge in [0.05, 0.1) is 24.4 Å². The van der Waals surface area contributed by atoms with Crippen LogP contribution in [0.4, 0.5) is 4.79 Å². The third-order valence-corrected chi connectivity index (χ3v) is 2.55. The Morgan fingerprint density at radius 1 is 1.33 bits per heavy atom. The summed E-state index contributed by atoms with van der Waals surface area (Å²) >= 11 is 0. The summed E-state index contributed by atoms with van der Waals surface area (Å²) in [5, 5.41) is 5.21. The molecular formula is C13H14N2O3. The highest BCUT2D eigenvalue weighted by molar-refractivity contribution is 6.03. The highest BCUT2D eigenvalue weighted by Gasteiger charge is 2.24. The molecule has 0 aliphatic carbocycles. The van der Waals surface area contributed by atoms with Crippen molar-refractivity contribution >= 4 is 17.7 Å². The van der Waals surface area contributed by atoms with E-state index < -0.39 is 5.97 Å². The molecule has 0 unspecified atom stereocenters. The summed E-state index contributed by atoms with van der Waals surface area (Å²) in [6.45, 7) is 2.22. The molecule has 2 N–H and O–H groups in total. The lowest BCUT2D eigenvalue weighted by molar-refractivity contribution is -0.138. The van der Waals surface area contributed by atoms with Crippen LogP contribution in [-0.4, -0.2) is 25.2 Å². The fourth-order valence-electron chi connectivity index (χ4n) is 1.73. The lowest BCUT2D eigenvalue weighted by Gasteiger charge is -2.21. The molecule has 5 nitrogen and oxygen atoms in total. The first kappa shape index (κ1) is 12.2. The van der Waals surface area contributed by atoms with Gasteiger partial charge in [-0.25, -0.2) is 9.59 Å². The van der Waals surface area contributed by atoms with Gasteiger partial charge in [-0.3, -0.25) is 0 Å². The Kier molecular flexibility index (Phi) is 3.62. The van der Waals surface area contributed by atoms with E-state index in [9.17, 15) is 9.59 Å². The van der Waals surface area contributed by atoms with Crippen molar-refractivity contribution in [1.29, 1.82) is 0 Å². The van der Waals surface area contributed by atoms with Gasteiger partial charge in [0.2, 0.25) is 0 Å². The van der Waals surface area contributed by atoms with Gasteiger partial charge in [-0.05, 0) is 12.5 Å². The Morgan fingerprint density at radius 3 is 2.72 bits per heavy atom. The molecule has 94 valence electrons. The van der Waals surface area contributed by atoms with Gasteiger partial charge in [0, 0.05) is 0 Å². The van der Waals surface area contributed by atoms with Crippen molar-refractivity contribution in [3.8, 4) is 0 Å². The van der Waals surface area contributed by atoms with E-state index in [-0.39, 0.29) is 12.6 Å². The van der Waals surface area contributed by atoms with E-state index in [0.29, 0.717) is 17.9 Å². The maximum absolute atomic E-state index is 11.8. The number of esters is 1. The molecule has 1 heterocycles. The Balaban J connectivity index is 2.40. The Labute approximate surface area is 105 Å². The summed E-state index contributed by atoms with van der Waals surface area (Å²) in [6.07, 6.45) is 0. The van der Waals surface area contributed by atoms with Crippen LogP contribution in [0.1, 0.15) is 12.5 Å². The third kappa shape index (κ3) is 2.51. The van der Waals surface area contributed by atoms with E-state index in [1.54, 1.807) is 6.92 Å². The second-order valence-corrected chi connectivity index (χ2v) is 3.75. The van der Waals surface area contributed by atoms with E-state index in [0.717, 1.165) is 5.56 Å². The summed E-state index contributed by atoms with van der Waals surface area (Å²) < 4.78 is 4.98. The standard InChI is InChI=1S/C13H14N2O3/c1-2-18-12(16)10-8-14-13(17)15-11(10)9-6-4-3-5-7-9/h3-7H,2,8H2,1H3,(H2,14,15,17). The Hall–Kier alpha value is -2.30. The largest absolute Gasteiger partial charge is 0.463 e. The minimum absolute atomic E-state index is 0.175. The number of urea groups is 1. The molecule has 18 heavy (non-hydrogen) atoms. The summed E-state index contributed by atoms with van der Waals surface area (Å²) in [6, 6.07) is 8.91. The first-order valence-electron chi connectivity index (χ1n) is 5.73. The van der Waals surface area contributed by atoms with Crippen LogP contribution in [0.15, 0.2) is 35.9 Å². The second kappa shape index (κ2) is 5.35. The number of amides is 2. The quantitative estimate of drug-likeness (QED) is 0.789. The fourth-order valence-corrected chi connectivity index (χ4v) is 1.73. The highest BCUT2D eigenvalue weighted by Crippen LogP contribution is 2.18. The van der Waals surface area contributed by atoms with Crippen molar-refractivity contribution in [1.82, 2.24) is 10.6 Å². The van der Waals surface area contributed by atoms with Gasteiger partial charge >= 0.3 is 12.0 Å². The summed E-state index contributed by atoms with van der Waals surface area (Å²) in [4.78, 5) is 23.2. The molecule has 0 bridgehead atoms. The molecule has 1 aromatic carbocycles. The number of carbonyl (C=O) groups is 2. The molecule has 1 aliphatic heterocycles. The fraction of sp³-hybridized carbons (Fsp3) is 0.231. The lowest BCUT2D eigenvalue weighted by Crippen LogP contribution is -2.43. The molecule has 0 atom stereocenters. The van der Waals surface area contributed by atoms with Crippen molar-refractivity contribution in [2.75, 3.05) is 13.2 Å².